The average molecular weight is 807 g/mol. The number of aliphatic hydroxyl groups is 2. The van der Waals surface area contributed by atoms with Crippen molar-refractivity contribution in [1.29, 1.82) is 0 Å². The number of rotatable bonds is 15. The van der Waals surface area contributed by atoms with Crippen molar-refractivity contribution in [2.75, 3.05) is 27.2 Å². The number of H-pyrrole nitrogens is 2. The van der Waals surface area contributed by atoms with Gasteiger partial charge in [-0.3, -0.25) is 19.2 Å². The average Bonchev–Trinajstić information content (AvgIpc) is 3.96. The van der Waals surface area contributed by atoms with Crippen LogP contribution >= 0.6 is 0 Å². The molecule has 0 radical (unpaired) electrons. The normalized spacial score (nSPS) is 21.7. The number of amides is 4. The lowest BCUT2D eigenvalue weighted by Crippen LogP contribution is -2.53. The van der Waals surface area contributed by atoms with Crippen molar-refractivity contribution in [2.45, 2.75) is 115 Å². The number of benzene rings is 2. The Hall–Kier alpha value is -4.90. The van der Waals surface area contributed by atoms with Gasteiger partial charge in [0, 0.05) is 47.0 Å². The highest BCUT2D eigenvalue weighted by atomic mass is 19.1. The zero-order valence-corrected chi connectivity index (χ0v) is 33.9. The van der Waals surface area contributed by atoms with Crippen molar-refractivity contribution < 1.29 is 38.2 Å². The fourth-order valence-electron chi connectivity index (χ4n) is 8.42. The summed E-state index contributed by atoms with van der Waals surface area (Å²) in [7, 11) is 3.31. The number of nitrogens with zero attached hydrogens (tertiary/aromatic N) is 2. The molecule has 8 N–H and O–H groups in total. The Labute approximate surface area is 336 Å². The summed E-state index contributed by atoms with van der Waals surface area (Å²) in [4.78, 5) is 63.7. The quantitative estimate of drug-likeness (QED) is 0.0899. The summed E-state index contributed by atoms with van der Waals surface area (Å²) >= 11 is 0. The number of nitrogens with one attached hydrogen (secondary N) is 6. The molecule has 0 aliphatic carbocycles. The van der Waals surface area contributed by atoms with E-state index in [1.165, 1.54) is 24.3 Å². The SMILES string of the molecule is CC[C@H](NC(=O)[C@H](C)NC)C(=O)N1C[C@@H](O)C[C@H]1Cc1c(-c2[nH]c3cc(F)ccc3c2C[C@H]2C[C@@H](O)CN2C(=O)[C@@H](CC)NC(=O)[C@@H](C)NC)[nH]c2cc(F)ccc12. The maximum absolute atomic E-state index is 14.8. The van der Waals surface area contributed by atoms with E-state index < -0.39 is 60.1 Å². The Morgan fingerprint density at radius 2 is 1.09 bits per heavy atom. The summed E-state index contributed by atoms with van der Waals surface area (Å²) in [6.07, 6.45) is 0.0738. The first kappa shape index (κ1) is 42.7. The van der Waals surface area contributed by atoms with Crippen LogP contribution < -0.4 is 21.3 Å². The van der Waals surface area contributed by atoms with Gasteiger partial charge in [0.1, 0.15) is 23.7 Å². The first-order chi connectivity index (χ1) is 27.7. The molecule has 4 amide bonds. The smallest absolute Gasteiger partial charge is 0.245 e. The Balaban J connectivity index is 1.40. The number of β-amino-alcohol motifs (C(OH)–C–C–N with tert-alkyl or cyclic N) is 2. The van der Waals surface area contributed by atoms with Crippen molar-refractivity contribution in [3.05, 3.63) is 59.2 Å². The molecule has 14 nitrogen and oxygen atoms in total. The van der Waals surface area contributed by atoms with E-state index in [1.54, 1.807) is 49.9 Å². The van der Waals surface area contributed by atoms with Crippen molar-refractivity contribution >= 4 is 45.4 Å². The van der Waals surface area contributed by atoms with Crippen LogP contribution in [0.2, 0.25) is 0 Å². The number of hydrogen-bond donors (Lipinski definition) is 8. The van der Waals surface area contributed by atoms with Crippen LogP contribution in [0.15, 0.2) is 36.4 Å². The topological polar surface area (TPSA) is 195 Å². The fraction of sp³-hybridized carbons (Fsp3) is 0.524. The highest BCUT2D eigenvalue weighted by molar-refractivity contribution is 5.97. The van der Waals surface area contributed by atoms with Crippen LogP contribution in [0.4, 0.5) is 8.78 Å². The lowest BCUT2D eigenvalue weighted by molar-refractivity contribution is -0.138. The third kappa shape index (κ3) is 8.75. The van der Waals surface area contributed by atoms with E-state index in [9.17, 15) is 38.2 Å². The minimum Gasteiger partial charge on any atom is -0.391 e. The van der Waals surface area contributed by atoms with Gasteiger partial charge < -0.3 is 51.2 Å². The summed E-state index contributed by atoms with van der Waals surface area (Å²) < 4.78 is 29.6. The fourth-order valence-corrected chi connectivity index (χ4v) is 8.42. The molecule has 0 unspecified atom stereocenters. The van der Waals surface area contributed by atoms with E-state index in [4.69, 9.17) is 0 Å². The van der Waals surface area contributed by atoms with Gasteiger partial charge in [0.2, 0.25) is 23.6 Å². The molecule has 0 spiro atoms. The van der Waals surface area contributed by atoms with Crippen molar-refractivity contribution in [3.8, 4) is 11.4 Å². The van der Waals surface area contributed by atoms with Gasteiger partial charge >= 0.3 is 0 Å². The van der Waals surface area contributed by atoms with Crippen LogP contribution in [-0.4, -0.2) is 129 Å². The number of likely N-dealkylation sites (N-methyl/N-ethyl adjacent to an activating group) is 2. The molecule has 6 rings (SSSR count). The molecule has 2 aliphatic rings. The molecular weight excluding hydrogens is 751 g/mol. The van der Waals surface area contributed by atoms with Crippen LogP contribution in [0.5, 0.6) is 0 Å². The molecule has 2 fully saturated rings. The van der Waals surface area contributed by atoms with Gasteiger partial charge in [0.25, 0.3) is 0 Å². The minimum absolute atomic E-state index is 0.0711. The Kier molecular flexibility index (Phi) is 13.2. The third-order valence-electron chi connectivity index (χ3n) is 11.9. The molecular formula is C42H56F2N8O6. The zero-order chi connectivity index (χ0) is 42.0. The maximum atomic E-state index is 14.8. The molecule has 2 aliphatic heterocycles. The summed E-state index contributed by atoms with van der Waals surface area (Å²) in [5.74, 6) is -2.21. The van der Waals surface area contributed by atoms with Crippen LogP contribution in [0.25, 0.3) is 33.2 Å². The lowest BCUT2D eigenvalue weighted by atomic mass is 9.94. The number of aromatic amines is 2. The van der Waals surface area contributed by atoms with Gasteiger partial charge in [0.15, 0.2) is 0 Å². The van der Waals surface area contributed by atoms with E-state index in [0.29, 0.717) is 46.0 Å². The van der Waals surface area contributed by atoms with Crippen molar-refractivity contribution in [3.63, 3.8) is 0 Å². The van der Waals surface area contributed by atoms with Crippen molar-refractivity contribution in [2.24, 2.45) is 0 Å². The highest BCUT2D eigenvalue weighted by Gasteiger charge is 2.41. The van der Waals surface area contributed by atoms with Crippen LogP contribution in [0.1, 0.15) is 64.5 Å². The number of aromatic nitrogens is 2. The second-order valence-corrected chi connectivity index (χ2v) is 15.8. The summed E-state index contributed by atoms with van der Waals surface area (Å²) in [6.45, 7) is 7.15. The number of likely N-dealkylation sites (tertiary alicyclic amines) is 2. The van der Waals surface area contributed by atoms with Gasteiger partial charge in [-0.2, -0.15) is 0 Å². The van der Waals surface area contributed by atoms with Crippen molar-refractivity contribution in [1.82, 2.24) is 41.0 Å². The Morgan fingerprint density at radius 3 is 1.43 bits per heavy atom. The summed E-state index contributed by atoms with van der Waals surface area (Å²) in [6, 6.07) is 5.13. The molecule has 8 atom stereocenters. The monoisotopic (exact) mass is 806 g/mol. The minimum atomic E-state index is -0.817. The molecule has 16 heteroatoms. The first-order valence-electron chi connectivity index (χ1n) is 20.2. The molecule has 0 saturated carbocycles. The maximum Gasteiger partial charge on any atom is 0.245 e. The molecule has 58 heavy (non-hydrogen) atoms. The molecule has 4 heterocycles. The van der Waals surface area contributed by atoms with Crippen LogP contribution in [0, 0.1) is 11.6 Å². The second kappa shape index (κ2) is 17.9. The van der Waals surface area contributed by atoms with Gasteiger partial charge in [-0.05, 0) is 114 Å². The summed E-state index contributed by atoms with van der Waals surface area (Å²) in [5, 5.41) is 34.7. The first-order valence-corrected chi connectivity index (χ1v) is 20.2. The van der Waals surface area contributed by atoms with E-state index in [-0.39, 0.29) is 62.4 Å². The largest absolute Gasteiger partial charge is 0.391 e. The predicted molar refractivity (Wildman–Crippen MR) is 217 cm³/mol. The molecule has 2 saturated heterocycles. The molecule has 2 aromatic heterocycles. The molecule has 4 aromatic rings. The Morgan fingerprint density at radius 1 is 0.707 bits per heavy atom. The Bertz CT molecular complexity index is 2010. The van der Waals surface area contributed by atoms with Crippen LogP contribution in [0.3, 0.4) is 0 Å². The van der Waals surface area contributed by atoms with Gasteiger partial charge in [0.05, 0.1) is 35.7 Å². The standard InChI is InChI=1S/C42H56F2N8O6/c1-7-33(49-39(55)21(3)45-5)41(57)51-19-27(53)15-25(51)17-31-29-11-9-23(43)13-35(29)47-37(31)38-32(30-12-10-24(44)14-36(30)48-38)18-26-16-28(54)20-52(26)42(58)34(8-2)50-40(56)22(4)46-6/h9-14,21-22,25-28,33-34,45-48,53-54H,7-8,15-20H2,1-6H3,(H,49,55)(H,50,56)/t21-,22+,25-,26+,27-,28+,33-,34+. The van der Waals surface area contributed by atoms with E-state index in [1.807, 2.05) is 13.8 Å². The molecule has 314 valence electrons. The van der Waals surface area contributed by atoms with Gasteiger partial charge in [-0.1, -0.05) is 13.8 Å². The highest BCUT2D eigenvalue weighted by Crippen LogP contribution is 2.40. The van der Waals surface area contributed by atoms with Gasteiger partial charge in [-0.15, -0.1) is 0 Å². The van der Waals surface area contributed by atoms with E-state index >= 15 is 0 Å². The zero-order valence-electron chi connectivity index (χ0n) is 33.9. The number of halogens is 2. The van der Waals surface area contributed by atoms with E-state index in [2.05, 4.69) is 31.2 Å². The number of carbonyl (C=O) groups excluding carboxylic acids is 4. The van der Waals surface area contributed by atoms with E-state index in [0.717, 1.165) is 11.1 Å². The predicted octanol–water partition coefficient (Wildman–Crippen LogP) is 2.61. The molecule has 0 bridgehead atoms. The number of hydrogen-bond acceptors (Lipinski definition) is 8. The number of aliphatic hydroxyl groups excluding tert-OH is 2. The second-order valence-electron chi connectivity index (χ2n) is 15.8. The number of fused-ring (bicyclic) bond motifs is 2. The third-order valence-corrected chi connectivity index (χ3v) is 11.9. The summed E-state index contributed by atoms with van der Waals surface area (Å²) in [5.41, 5.74) is 3.58. The molecule has 2 aromatic carbocycles. The van der Waals surface area contributed by atoms with Crippen LogP contribution in [-0.2, 0) is 32.0 Å². The lowest BCUT2D eigenvalue weighted by Gasteiger charge is -2.30. The number of carbonyl (C=O) groups is 4. The van der Waals surface area contributed by atoms with Gasteiger partial charge in [-0.25, -0.2) is 8.78 Å².